The maximum atomic E-state index is 9.81. The number of rotatable bonds is 9. The van der Waals surface area contributed by atoms with Crippen LogP contribution in [0.4, 0.5) is 0 Å². The van der Waals surface area contributed by atoms with E-state index in [0.29, 0.717) is 24.8 Å². The van der Waals surface area contributed by atoms with Crippen LogP contribution in [0.15, 0.2) is 53.0 Å². The highest BCUT2D eigenvalue weighted by molar-refractivity contribution is 9.10. The average molecular weight is 539 g/mol. The summed E-state index contributed by atoms with van der Waals surface area (Å²) in [6, 6.07) is 16.0. The number of aliphatic hydroxyl groups excluding tert-OH is 2. The molecule has 6 nitrogen and oxygen atoms in total. The SMILES string of the molecule is COc1cc(COc2cccc(CO)c2C)c(Br)c2nc(-c3ccc(C(C)C)cc3)n(CCO)c12. The molecule has 2 N–H and O–H groups in total. The van der Waals surface area contributed by atoms with Crippen molar-refractivity contribution < 1.29 is 19.7 Å². The molecule has 4 rings (SSSR count). The first kappa shape index (κ1) is 25.2. The molecule has 35 heavy (non-hydrogen) atoms. The third-order valence-electron chi connectivity index (χ3n) is 6.33. The molecule has 0 spiro atoms. The van der Waals surface area contributed by atoms with Crippen LogP contribution in [0.2, 0.25) is 0 Å². The highest BCUT2D eigenvalue weighted by Gasteiger charge is 2.21. The smallest absolute Gasteiger partial charge is 0.145 e. The molecule has 0 aliphatic heterocycles. The van der Waals surface area contributed by atoms with Gasteiger partial charge in [0.25, 0.3) is 0 Å². The number of fused-ring (bicyclic) bond motifs is 1. The first-order valence-corrected chi connectivity index (χ1v) is 12.5. The van der Waals surface area contributed by atoms with Gasteiger partial charge in [0.2, 0.25) is 0 Å². The molecule has 0 fully saturated rings. The number of halogens is 1. The maximum Gasteiger partial charge on any atom is 0.145 e. The Morgan fingerprint density at radius 1 is 1.03 bits per heavy atom. The van der Waals surface area contributed by atoms with E-state index in [-0.39, 0.29) is 13.2 Å². The Hall–Kier alpha value is -2.87. The van der Waals surface area contributed by atoms with Crippen LogP contribution in [0.5, 0.6) is 11.5 Å². The van der Waals surface area contributed by atoms with Crippen molar-refractivity contribution in [2.24, 2.45) is 0 Å². The van der Waals surface area contributed by atoms with Crippen molar-refractivity contribution in [2.45, 2.75) is 46.4 Å². The summed E-state index contributed by atoms with van der Waals surface area (Å²) in [5, 5.41) is 19.4. The lowest BCUT2D eigenvalue weighted by Crippen LogP contribution is -2.06. The van der Waals surface area contributed by atoms with Crippen molar-refractivity contribution in [2.75, 3.05) is 13.7 Å². The van der Waals surface area contributed by atoms with Crippen molar-refractivity contribution in [1.82, 2.24) is 9.55 Å². The van der Waals surface area contributed by atoms with Crippen LogP contribution in [0.1, 0.15) is 42.0 Å². The molecule has 0 bridgehead atoms. The minimum Gasteiger partial charge on any atom is -0.494 e. The molecule has 0 saturated heterocycles. The Morgan fingerprint density at radius 3 is 2.40 bits per heavy atom. The minimum atomic E-state index is -0.0320. The zero-order valence-corrected chi connectivity index (χ0v) is 22.1. The van der Waals surface area contributed by atoms with E-state index in [2.05, 4.69) is 54.0 Å². The molecular formula is C28H31BrN2O4. The molecule has 1 heterocycles. The van der Waals surface area contributed by atoms with Crippen LogP contribution < -0.4 is 9.47 Å². The highest BCUT2D eigenvalue weighted by Crippen LogP contribution is 2.38. The number of imidazole rings is 1. The molecular weight excluding hydrogens is 508 g/mol. The van der Waals surface area contributed by atoms with Gasteiger partial charge in [-0.05, 0) is 57.6 Å². The quantitative estimate of drug-likeness (QED) is 0.274. The molecule has 0 aliphatic carbocycles. The Bertz CT molecular complexity index is 1330. The summed E-state index contributed by atoms with van der Waals surface area (Å²) in [5.74, 6) is 2.60. The Kier molecular flexibility index (Phi) is 7.79. The van der Waals surface area contributed by atoms with E-state index in [4.69, 9.17) is 14.5 Å². The van der Waals surface area contributed by atoms with Gasteiger partial charge in [0, 0.05) is 17.7 Å². The van der Waals surface area contributed by atoms with Crippen molar-refractivity contribution in [3.05, 3.63) is 75.3 Å². The predicted octanol–water partition coefficient (Wildman–Crippen LogP) is 5.97. The zero-order valence-electron chi connectivity index (χ0n) is 20.5. The monoisotopic (exact) mass is 538 g/mol. The summed E-state index contributed by atoms with van der Waals surface area (Å²) in [5.41, 5.74) is 6.45. The van der Waals surface area contributed by atoms with E-state index in [1.54, 1.807) is 7.11 Å². The van der Waals surface area contributed by atoms with Crippen LogP contribution >= 0.6 is 15.9 Å². The number of hydrogen-bond donors (Lipinski definition) is 2. The molecule has 4 aromatic rings. The number of nitrogens with zero attached hydrogens (tertiary/aromatic N) is 2. The van der Waals surface area contributed by atoms with E-state index in [1.165, 1.54) is 5.56 Å². The van der Waals surface area contributed by atoms with E-state index >= 15 is 0 Å². The molecule has 0 atom stereocenters. The van der Waals surface area contributed by atoms with Crippen LogP contribution in [0.25, 0.3) is 22.4 Å². The maximum absolute atomic E-state index is 9.81. The molecule has 184 valence electrons. The summed E-state index contributed by atoms with van der Waals surface area (Å²) in [6.07, 6.45) is 0. The van der Waals surface area contributed by atoms with Gasteiger partial charge in [0.05, 0.1) is 24.8 Å². The fourth-order valence-electron chi connectivity index (χ4n) is 4.26. The summed E-state index contributed by atoms with van der Waals surface area (Å²) in [4.78, 5) is 4.98. The summed E-state index contributed by atoms with van der Waals surface area (Å²) < 4.78 is 14.7. The lowest BCUT2D eigenvalue weighted by molar-refractivity contribution is 0.276. The number of methoxy groups -OCH3 is 1. The zero-order chi connectivity index (χ0) is 25.1. The largest absolute Gasteiger partial charge is 0.494 e. The van der Waals surface area contributed by atoms with Crippen molar-refractivity contribution in [3.8, 4) is 22.9 Å². The van der Waals surface area contributed by atoms with E-state index in [9.17, 15) is 10.2 Å². The van der Waals surface area contributed by atoms with E-state index < -0.39 is 0 Å². The topological polar surface area (TPSA) is 76.7 Å². The van der Waals surface area contributed by atoms with E-state index in [0.717, 1.165) is 49.3 Å². The third kappa shape index (κ3) is 4.94. The van der Waals surface area contributed by atoms with Crippen molar-refractivity contribution in [1.29, 1.82) is 0 Å². The standard InChI is InChI=1S/C28H31BrN2O4/c1-17(2)19-8-10-20(11-9-19)28-30-26-25(29)22(14-24(34-4)27(26)31(28)12-13-32)16-35-23-7-5-6-21(15-33)18(23)3/h5-11,14,17,32-33H,12-13,15-16H2,1-4H3. The van der Waals surface area contributed by atoms with Crippen LogP contribution in [-0.2, 0) is 19.8 Å². The average Bonchev–Trinajstić information content (AvgIpc) is 3.24. The molecule has 0 unspecified atom stereocenters. The first-order valence-electron chi connectivity index (χ1n) is 11.7. The fourth-order valence-corrected chi connectivity index (χ4v) is 4.76. The number of aliphatic hydroxyl groups is 2. The second-order valence-electron chi connectivity index (χ2n) is 8.82. The Balaban J connectivity index is 1.79. The van der Waals surface area contributed by atoms with Gasteiger partial charge in [-0.25, -0.2) is 4.98 Å². The third-order valence-corrected chi connectivity index (χ3v) is 7.21. The summed E-state index contributed by atoms with van der Waals surface area (Å²) in [6.45, 7) is 6.92. The van der Waals surface area contributed by atoms with Gasteiger partial charge in [-0.1, -0.05) is 50.2 Å². The number of aromatic nitrogens is 2. The van der Waals surface area contributed by atoms with Gasteiger partial charge in [-0.15, -0.1) is 0 Å². The minimum absolute atomic E-state index is 0.0192. The lowest BCUT2D eigenvalue weighted by Gasteiger charge is -2.15. The molecule has 3 aromatic carbocycles. The number of ether oxygens (including phenoxy) is 2. The lowest BCUT2D eigenvalue weighted by atomic mass is 10.0. The summed E-state index contributed by atoms with van der Waals surface area (Å²) in [7, 11) is 1.63. The second kappa shape index (κ2) is 10.8. The second-order valence-corrected chi connectivity index (χ2v) is 9.62. The number of hydrogen-bond acceptors (Lipinski definition) is 5. The van der Waals surface area contributed by atoms with Gasteiger partial charge in [0.15, 0.2) is 0 Å². The predicted molar refractivity (Wildman–Crippen MR) is 142 cm³/mol. The fraction of sp³-hybridized carbons (Fsp3) is 0.321. The first-order chi connectivity index (χ1) is 16.9. The van der Waals surface area contributed by atoms with Gasteiger partial charge in [-0.2, -0.15) is 0 Å². The number of benzene rings is 3. The van der Waals surface area contributed by atoms with Crippen LogP contribution in [0.3, 0.4) is 0 Å². The molecule has 0 saturated carbocycles. The molecule has 1 aromatic heterocycles. The molecule has 0 aliphatic rings. The van der Waals surface area contributed by atoms with Gasteiger partial charge < -0.3 is 24.3 Å². The Morgan fingerprint density at radius 2 is 1.77 bits per heavy atom. The van der Waals surface area contributed by atoms with Crippen LogP contribution in [-0.4, -0.2) is 33.5 Å². The van der Waals surface area contributed by atoms with E-state index in [1.807, 2.05) is 35.8 Å². The van der Waals surface area contributed by atoms with Gasteiger partial charge >= 0.3 is 0 Å². The normalized spacial score (nSPS) is 11.4. The molecule has 7 heteroatoms. The van der Waals surface area contributed by atoms with Crippen molar-refractivity contribution >= 4 is 27.0 Å². The van der Waals surface area contributed by atoms with Crippen LogP contribution in [0, 0.1) is 6.92 Å². The summed E-state index contributed by atoms with van der Waals surface area (Å²) >= 11 is 3.75. The van der Waals surface area contributed by atoms with Gasteiger partial charge in [0.1, 0.15) is 35.0 Å². The molecule has 0 amide bonds. The Labute approximate surface area is 214 Å². The van der Waals surface area contributed by atoms with Crippen molar-refractivity contribution in [3.63, 3.8) is 0 Å². The van der Waals surface area contributed by atoms with Gasteiger partial charge in [-0.3, -0.25) is 0 Å². The highest BCUT2D eigenvalue weighted by atomic mass is 79.9. The molecule has 0 radical (unpaired) electrons.